The Morgan fingerprint density at radius 1 is 1.00 bits per heavy atom. The van der Waals surface area contributed by atoms with E-state index in [4.69, 9.17) is 4.52 Å². The summed E-state index contributed by atoms with van der Waals surface area (Å²) in [5.74, 6) is 0.585. The summed E-state index contributed by atoms with van der Waals surface area (Å²) in [6.07, 6.45) is 8.49. The van der Waals surface area contributed by atoms with Gasteiger partial charge in [0.25, 0.3) is 0 Å². The van der Waals surface area contributed by atoms with E-state index in [1.165, 1.54) is 23.0 Å². The number of hydrogen-bond acceptors (Lipinski definition) is 4. The summed E-state index contributed by atoms with van der Waals surface area (Å²) in [7, 11) is 0. The lowest BCUT2D eigenvalue weighted by Gasteiger charge is -2.37. The van der Waals surface area contributed by atoms with Gasteiger partial charge >= 0.3 is 0 Å². The molecule has 2 aromatic heterocycles. The smallest absolute Gasteiger partial charge is 0.230 e. The summed E-state index contributed by atoms with van der Waals surface area (Å²) in [6, 6.07) is 8.69. The topological polar surface area (TPSA) is 51.8 Å². The van der Waals surface area contributed by atoms with Crippen LogP contribution in [0.2, 0.25) is 0 Å². The molecule has 148 valence electrons. The first-order chi connectivity index (χ1) is 13.7. The van der Waals surface area contributed by atoms with E-state index in [1.807, 2.05) is 18.3 Å². The van der Waals surface area contributed by atoms with Crippen molar-refractivity contribution in [1.82, 2.24) is 15.1 Å². The minimum absolute atomic E-state index is 0.00501. The van der Waals surface area contributed by atoms with E-state index in [2.05, 4.69) is 80.6 Å². The first-order valence-electron chi connectivity index (χ1n) is 9.93. The van der Waals surface area contributed by atoms with Gasteiger partial charge in [-0.2, -0.15) is 4.98 Å². The predicted molar refractivity (Wildman–Crippen MR) is 116 cm³/mol. The van der Waals surface area contributed by atoms with Crippen LogP contribution in [0.25, 0.3) is 5.57 Å². The maximum atomic E-state index is 5.08. The molecule has 0 atom stereocenters. The number of allylic oxidation sites excluding steroid dienone is 2. The van der Waals surface area contributed by atoms with Crippen LogP contribution in [0, 0.1) is 6.92 Å². The summed E-state index contributed by atoms with van der Waals surface area (Å²) in [6.45, 7) is 15.6. The number of fused-ring (bicyclic) bond motifs is 1. The Kier molecular flexibility index (Phi) is 4.53. The van der Waals surface area contributed by atoms with Gasteiger partial charge in [0.15, 0.2) is 6.33 Å². The van der Waals surface area contributed by atoms with Crippen LogP contribution in [0.4, 0.5) is 0 Å². The van der Waals surface area contributed by atoms with E-state index < -0.39 is 0 Å². The lowest BCUT2D eigenvalue weighted by atomic mass is 9.67. The molecular weight excluding hydrogens is 358 g/mol. The maximum absolute atomic E-state index is 5.08. The summed E-state index contributed by atoms with van der Waals surface area (Å²) in [5.41, 5.74) is 8.01. The fourth-order valence-electron chi connectivity index (χ4n) is 3.99. The molecule has 0 saturated carbocycles. The van der Waals surface area contributed by atoms with Crippen molar-refractivity contribution in [2.75, 3.05) is 0 Å². The van der Waals surface area contributed by atoms with Crippen molar-refractivity contribution in [3.63, 3.8) is 0 Å². The minimum atomic E-state index is -0.00501. The summed E-state index contributed by atoms with van der Waals surface area (Å²) < 4.78 is 5.08. The van der Waals surface area contributed by atoms with Gasteiger partial charge in [-0.05, 0) is 46.9 Å². The number of aromatic nitrogens is 3. The van der Waals surface area contributed by atoms with Crippen molar-refractivity contribution in [1.29, 1.82) is 0 Å². The van der Waals surface area contributed by atoms with E-state index in [-0.39, 0.29) is 10.8 Å². The van der Waals surface area contributed by atoms with E-state index in [9.17, 15) is 0 Å². The number of pyridine rings is 1. The van der Waals surface area contributed by atoms with Gasteiger partial charge in [0, 0.05) is 22.6 Å². The molecule has 1 aliphatic carbocycles. The molecule has 29 heavy (non-hydrogen) atoms. The maximum Gasteiger partial charge on any atom is 0.230 e. The molecule has 0 saturated heterocycles. The third kappa shape index (κ3) is 3.55. The molecule has 2 heterocycles. The monoisotopic (exact) mass is 385 g/mol. The van der Waals surface area contributed by atoms with Crippen LogP contribution < -0.4 is 0 Å². The van der Waals surface area contributed by atoms with E-state index in [0.29, 0.717) is 12.3 Å². The molecule has 0 aliphatic heterocycles. The second kappa shape index (κ2) is 6.80. The van der Waals surface area contributed by atoms with Gasteiger partial charge in [-0.15, -0.1) is 0 Å². The van der Waals surface area contributed by atoms with Gasteiger partial charge in [-0.3, -0.25) is 4.98 Å². The van der Waals surface area contributed by atoms with Crippen LogP contribution in [0.5, 0.6) is 0 Å². The number of aryl methyl sites for hydroxylation is 1. The number of nitrogens with zero attached hydrogens (tertiary/aromatic N) is 3. The largest absolute Gasteiger partial charge is 0.339 e. The zero-order valence-electron chi connectivity index (χ0n) is 17.8. The molecule has 4 nitrogen and oxygen atoms in total. The second-order valence-corrected chi connectivity index (χ2v) is 9.03. The van der Waals surface area contributed by atoms with Crippen molar-refractivity contribution >= 4 is 5.57 Å². The predicted octanol–water partition coefficient (Wildman–Crippen LogP) is 5.55. The molecule has 1 aliphatic rings. The van der Waals surface area contributed by atoms with Crippen LogP contribution in [-0.2, 0) is 17.3 Å². The quantitative estimate of drug-likeness (QED) is 0.553. The first kappa shape index (κ1) is 19.3. The van der Waals surface area contributed by atoms with Gasteiger partial charge in [0.2, 0.25) is 5.89 Å². The summed E-state index contributed by atoms with van der Waals surface area (Å²) in [4.78, 5) is 8.72. The highest BCUT2D eigenvalue weighted by atomic mass is 16.5. The third-order valence-corrected chi connectivity index (χ3v) is 5.89. The molecule has 3 aromatic rings. The van der Waals surface area contributed by atoms with Crippen molar-refractivity contribution in [2.45, 2.75) is 51.9 Å². The van der Waals surface area contributed by atoms with Crippen molar-refractivity contribution in [2.24, 2.45) is 0 Å². The first-order valence-corrected chi connectivity index (χ1v) is 9.93. The highest BCUT2D eigenvalue weighted by Gasteiger charge is 2.33. The number of rotatable bonds is 4. The SMILES string of the molecule is C=C(c1ccc(Cc2ncno2)cn1)c1cc2c(cc1C)C(C)(C)C=CC2(C)C. The zero-order chi connectivity index (χ0) is 20.8. The van der Waals surface area contributed by atoms with Gasteiger partial charge in [-0.25, -0.2) is 0 Å². The Morgan fingerprint density at radius 2 is 1.69 bits per heavy atom. The van der Waals surface area contributed by atoms with Gasteiger partial charge < -0.3 is 4.52 Å². The Bertz CT molecular complexity index is 1090. The van der Waals surface area contributed by atoms with Crippen LogP contribution in [0.3, 0.4) is 0 Å². The highest BCUT2D eigenvalue weighted by molar-refractivity contribution is 5.79. The van der Waals surface area contributed by atoms with Crippen molar-refractivity contribution < 1.29 is 4.52 Å². The number of benzene rings is 1. The van der Waals surface area contributed by atoms with Gasteiger partial charge in [0.05, 0.1) is 12.1 Å². The van der Waals surface area contributed by atoms with Crippen LogP contribution >= 0.6 is 0 Å². The molecule has 0 radical (unpaired) electrons. The molecule has 1 aromatic carbocycles. The Balaban J connectivity index is 1.68. The molecular formula is C25H27N3O. The summed E-state index contributed by atoms with van der Waals surface area (Å²) in [5, 5.41) is 3.65. The van der Waals surface area contributed by atoms with Crippen LogP contribution in [-0.4, -0.2) is 15.1 Å². The van der Waals surface area contributed by atoms with Crippen molar-refractivity contribution in [3.05, 3.63) is 94.9 Å². The Morgan fingerprint density at radius 3 is 2.28 bits per heavy atom. The fourth-order valence-corrected chi connectivity index (χ4v) is 3.99. The van der Waals surface area contributed by atoms with E-state index in [1.54, 1.807) is 0 Å². The van der Waals surface area contributed by atoms with Crippen LogP contribution in [0.1, 0.15) is 67.1 Å². The molecule has 4 heteroatoms. The lowest BCUT2D eigenvalue weighted by molar-refractivity contribution is 0.384. The molecule has 0 amide bonds. The number of hydrogen-bond donors (Lipinski definition) is 0. The van der Waals surface area contributed by atoms with Crippen LogP contribution in [0.15, 0.2) is 60.0 Å². The fraction of sp³-hybridized carbons (Fsp3) is 0.320. The molecule has 0 fully saturated rings. The van der Waals surface area contributed by atoms with Gasteiger partial charge in [-0.1, -0.05) is 63.7 Å². The van der Waals surface area contributed by atoms with E-state index in [0.717, 1.165) is 22.4 Å². The third-order valence-electron chi connectivity index (χ3n) is 5.89. The van der Waals surface area contributed by atoms with Gasteiger partial charge in [0.1, 0.15) is 0 Å². The van der Waals surface area contributed by atoms with Crippen molar-refractivity contribution in [3.8, 4) is 0 Å². The molecule has 0 spiro atoms. The highest BCUT2D eigenvalue weighted by Crippen LogP contribution is 2.43. The average molecular weight is 386 g/mol. The lowest BCUT2D eigenvalue weighted by Crippen LogP contribution is -2.29. The second-order valence-electron chi connectivity index (χ2n) is 9.03. The Hall–Kier alpha value is -3.01. The molecule has 4 rings (SSSR count). The Labute approximate surface area is 172 Å². The van der Waals surface area contributed by atoms with E-state index >= 15 is 0 Å². The summed E-state index contributed by atoms with van der Waals surface area (Å²) >= 11 is 0. The molecule has 0 unspecified atom stereocenters. The zero-order valence-corrected chi connectivity index (χ0v) is 17.8. The minimum Gasteiger partial charge on any atom is -0.339 e. The molecule has 0 N–H and O–H groups in total. The normalized spacial score (nSPS) is 16.4. The molecule has 0 bridgehead atoms. The average Bonchev–Trinajstić information content (AvgIpc) is 3.18. The standard InChI is InChI=1S/C25H27N3O/c1-16-11-20-21(25(5,6)10-9-24(20,3)4)13-19(16)17(2)22-8-7-18(14-26-22)12-23-27-15-28-29-23/h7-11,13-15H,2,12H2,1,3-6H3.